The molecule has 5 nitrogen and oxygen atoms in total. The minimum absolute atomic E-state index is 0.0518. The van der Waals surface area contributed by atoms with Crippen molar-refractivity contribution in [2.45, 2.75) is 0 Å². The van der Waals surface area contributed by atoms with E-state index in [0.29, 0.717) is 17.4 Å². The molecule has 0 saturated heterocycles. The van der Waals surface area contributed by atoms with Gasteiger partial charge in [0.2, 0.25) is 5.91 Å². The number of ether oxygens (including phenoxy) is 1. The van der Waals surface area contributed by atoms with Gasteiger partial charge in [0.05, 0.1) is 18.6 Å². The predicted molar refractivity (Wildman–Crippen MR) is 89.1 cm³/mol. The number of thioether (sulfide) groups is 1. The zero-order chi connectivity index (χ0) is 15.1. The number of thiazole rings is 1. The molecule has 0 aliphatic heterocycles. The van der Waals surface area contributed by atoms with Crippen molar-refractivity contribution >= 4 is 34.1 Å². The van der Waals surface area contributed by atoms with Crippen LogP contribution in [0.2, 0.25) is 0 Å². The first-order valence-corrected chi connectivity index (χ1v) is 8.44. The van der Waals surface area contributed by atoms with E-state index in [1.807, 2.05) is 29.6 Å². The van der Waals surface area contributed by atoms with Crippen LogP contribution in [0.5, 0.6) is 5.75 Å². The highest BCUT2D eigenvalue weighted by atomic mass is 32.2. The van der Waals surface area contributed by atoms with Crippen LogP contribution in [-0.2, 0) is 4.79 Å². The molecule has 0 unspecified atom stereocenters. The van der Waals surface area contributed by atoms with Gasteiger partial charge in [-0.2, -0.15) is 11.8 Å². The lowest BCUT2D eigenvalue weighted by Gasteiger charge is -2.01. The van der Waals surface area contributed by atoms with Crippen molar-refractivity contribution in [2.75, 3.05) is 30.5 Å². The maximum Gasteiger partial charge on any atom is 0.236 e. The van der Waals surface area contributed by atoms with Gasteiger partial charge in [-0.3, -0.25) is 4.79 Å². The number of nitrogens with two attached hydrogens (primary N) is 1. The van der Waals surface area contributed by atoms with Crippen LogP contribution in [0, 0.1) is 0 Å². The van der Waals surface area contributed by atoms with Crippen molar-refractivity contribution in [3.63, 3.8) is 0 Å². The largest absolute Gasteiger partial charge is 0.497 e. The molecule has 0 fully saturated rings. The Morgan fingerprint density at radius 1 is 1.43 bits per heavy atom. The number of rotatable bonds is 7. The lowest BCUT2D eigenvalue weighted by molar-refractivity contribution is -0.113. The van der Waals surface area contributed by atoms with Gasteiger partial charge < -0.3 is 15.8 Å². The third-order valence-electron chi connectivity index (χ3n) is 2.63. The number of benzene rings is 1. The van der Waals surface area contributed by atoms with E-state index in [-0.39, 0.29) is 5.91 Å². The summed E-state index contributed by atoms with van der Waals surface area (Å²) in [6, 6.07) is 7.65. The number of hydrogen-bond acceptors (Lipinski definition) is 6. The average Bonchev–Trinajstić information content (AvgIpc) is 2.96. The fourth-order valence-corrected chi connectivity index (χ4v) is 2.93. The Bertz CT molecular complexity index is 584. The molecular weight excluding hydrogens is 306 g/mol. The molecule has 1 amide bonds. The van der Waals surface area contributed by atoms with Crippen molar-refractivity contribution < 1.29 is 9.53 Å². The maximum atomic E-state index is 11.7. The molecule has 0 spiro atoms. The number of aromatic nitrogens is 1. The highest BCUT2D eigenvalue weighted by molar-refractivity contribution is 7.99. The Morgan fingerprint density at radius 3 is 2.86 bits per heavy atom. The number of methoxy groups -OCH3 is 1. The minimum atomic E-state index is -0.0518. The lowest BCUT2D eigenvalue weighted by Crippen LogP contribution is -2.15. The first kappa shape index (κ1) is 15.8. The van der Waals surface area contributed by atoms with Crippen LogP contribution < -0.4 is 15.8 Å². The first-order chi connectivity index (χ1) is 10.2. The summed E-state index contributed by atoms with van der Waals surface area (Å²) >= 11 is 2.93. The Labute approximate surface area is 131 Å². The molecule has 1 aromatic heterocycles. The van der Waals surface area contributed by atoms with E-state index in [1.54, 1.807) is 7.11 Å². The summed E-state index contributed by atoms with van der Waals surface area (Å²) in [5.41, 5.74) is 7.22. The molecule has 0 aliphatic carbocycles. The molecule has 0 atom stereocenters. The van der Waals surface area contributed by atoms with Crippen molar-refractivity contribution in [3.8, 4) is 17.0 Å². The number of carbonyl (C=O) groups is 1. The Morgan fingerprint density at radius 2 is 2.19 bits per heavy atom. The van der Waals surface area contributed by atoms with E-state index in [2.05, 4.69) is 10.3 Å². The molecule has 7 heteroatoms. The third kappa shape index (κ3) is 4.73. The summed E-state index contributed by atoms with van der Waals surface area (Å²) in [7, 11) is 1.63. The normalized spacial score (nSPS) is 10.4. The summed E-state index contributed by atoms with van der Waals surface area (Å²) in [6.07, 6.45) is 0. The van der Waals surface area contributed by atoms with Gasteiger partial charge in [0.15, 0.2) is 5.13 Å². The molecule has 0 aliphatic rings. The Kier molecular flexibility index (Phi) is 6.04. The zero-order valence-corrected chi connectivity index (χ0v) is 13.3. The Balaban J connectivity index is 1.95. The van der Waals surface area contributed by atoms with Crippen molar-refractivity contribution in [3.05, 3.63) is 29.6 Å². The van der Waals surface area contributed by atoms with Crippen LogP contribution in [0.1, 0.15) is 0 Å². The smallest absolute Gasteiger partial charge is 0.236 e. The van der Waals surface area contributed by atoms with Crippen LogP contribution in [0.4, 0.5) is 5.13 Å². The molecule has 21 heavy (non-hydrogen) atoms. The van der Waals surface area contributed by atoms with Gasteiger partial charge in [-0.1, -0.05) is 0 Å². The summed E-state index contributed by atoms with van der Waals surface area (Å²) in [5.74, 6) is 1.93. The van der Waals surface area contributed by atoms with Gasteiger partial charge in [0, 0.05) is 23.2 Å². The third-order valence-corrected chi connectivity index (χ3v) is 4.38. The number of nitrogens with one attached hydrogen (secondary N) is 1. The van der Waals surface area contributed by atoms with E-state index in [0.717, 1.165) is 22.8 Å². The molecule has 2 aromatic rings. The summed E-state index contributed by atoms with van der Waals surface area (Å²) < 4.78 is 5.12. The molecule has 3 N–H and O–H groups in total. The second-order valence-electron chi connectivity index (χ2n) is 4.16. The van der Waals surface area contributed by atoms with Gasteiger partial charge in [-0.25, -0.2) is 4.98 Å². The van der Waals surface area contributed by atoms with Crippen molar-refractivity contribution in [1.82, 2.24) is 4.98 Å². The summed E-state index contributed by atoms with van der Waals surface area (Å²) in [4.78, 5) is 16.1. The van der Waals surface area contributed by atoms with E-state index in [9.17, 15) is 4.79 Å². The highest BCUT2D eigenvalue weighted by Crippen LogP contribution is 2.26. The topological polar surface area (TPSA) is 77.2 Å². The number of hydrogen-bond donors (Lipinski definition) is 2. The number of carbonyl (C=O) groups excluding carboxylic acids is 1. The van der Waals surface area contributed by atoms with Crippen molar-refractivity contribution in [1.29, 1.82) is 0 Å². The first-order valence-electron chi connectivity index (χ1n) is 6.40. The quantitative estimate of drug-likeness (QED) is 0.765. The number of nitrogens with zero attached hydrogens (tertiary/aromatic N) is 1. The van der Waals surface area contributed by atoms with Crippen LogP contribution in [0.15, 0.2) is 29.6 Å². The van der Waals surface area contributed by atoms with Gasteiger partial charge in [0.25, 0.3) is 0 Å². The molecule has 1 heterocycles. The summed E-state index contributed by atoms with van der Waals surface area (Å²) in [5, 5.41) is 5.33. The van der Waals surface area contributed by atoms with Gasteiger partial charge in [-0.15, -0.1) is 11.3 Å². The second kappa shape index (κ2) is 8.02. The van der Waals surface area contributed by atoms with E-state index in [4.69, 9.17) is 10.5 Å². The predicted octanol–water partition coefficient (Wildman–Crippen LogP) is 2.45. The fraction of sp³-hybridized carbons (Fsp3) is 0.286. The summed E-state index contributed by atoms with van der Waals surface area (Å²) in [6.45, 7) is 0.580. The lowest BCUT2D eigenvalue weighted by atomic mass is 10.2. The number of anilines is 1. The molecular formula is C14H17N3O2S2. The highest BCUT2D eigenvalue weighted by Gasteiger charge is 2.08. The van der Waals surface area contributed by atoms with E-state index < -0.39 is 0 Å². The van der Waals surface area contributed by atoms with E-state index >= 15 is 0 Å². The average molecular weight is 323 g/mol. The molecule has 1 aromatic carbocycles. The molecule has 0 bridgehead atoms. The molecule has 112 valence electrons. The van der Waals surface area contributed by atoms with Crippen LogP contribution in [0.3, 0.4) is 0 Å². The minimum Gasteiger partial charge on any atom is -0.497 e. The van der Waals surface area contributed by atoms with Crippen LogP contribution in [0.25, 0.3) is 11.3 Å². The fourth-order valence-electron chi connectivity index (χ4n) is 1.63. The zero-order valence-electron chi connectivity index (χ0n) is 11.7. The Hall–Kier alpha value is -1.57. The SMILES string of the molecule is COc1ccc(-c2csc(NC(=O)CSCCN)n2)cc1. The van der Waals surface area contributed by atoms with Gasteiger partial charge >= 0.3 is 0 Å². The van der Waals surface area contributed by atoms with Gasteiger partial charge in [-0.05, 0) is 24.3 Å². The maximum absolute atomic E-state index is 11.7. The second-order valence-corrected chi connectivity index (χ2v) is 6.12. The molecule has 0 radical (unpaired) electrons. The number of amides is 1. The van der Waals surface area contributed by atoms with E-state index in [1.165, 1.54) is 23.1 Å². The van der Waals surface area contributed by atoms with Crippen LogP contribution >= 0.6 is 23.1 Å². The van der Waals surface area contributed by atoms with Crippen LogP contribution in [-0.4, -0.2) is 36.1 Å². The molecule has 2 rings (SSSR count). The standard InChI is InChI=1S/C14H17N3O2S2/c1-19-11-4-2-10(3-5-11)12-8-21-14(16-12)17-13(18)9-20-7-6-15/h2-5,8H,6-7,9,15H2,1H3,(H,16,17,18). The van der Waals surface area contributed by atoms with Gasteiger partial charge in [0.1, 0.15) is 5.75 Å². The molecule has 0 saturated carbocycles. The monoisotopic (exact) mass is 323 g/mol. The van der Waals surface area contributed by atoms with Crippen molar-refractivity contribution in [2.24, 2.45) is 5.73 Å².